The predicted octanol–water partition coefficient (Wildman–Crippen LogP) is 2.27. The summed E-state index contributed by atoms with van der Waals surface area (Å²) in [4.78, 5) is 10.8. The number of hydrogen-bond donors (Lipinski definition) is 2. The van der Waals surface area contributed by atoms with Crippen molar-refractivity contribution in [1.82, 2.24) is 5.32 Å². The first-order valence-electron chi connectivity index (χ1n) is 5.86. The highest BCUT2D eigenvalue weighted by molar-refractivity contribution is 5.67. The molecular weight excluding hydrogens is 190 g/mol. The van der Waals surface area contributed by atoms with Gasteiger partial charge in [-0.05, 0) is 31.2 Å². The van der Waals surface area contributed by atoms with Crippen molar-refractivity contribution < 1.29 is 9.90 Å². The Balaban J connectivity index is 2.66. The molecule has 1 atom stereocenters. The highest BCUT2D eigenvalue weighted by Gasteiger charge is 2.37. The van der Waals surface area contributed by atoms with Gasteiger partial charge in [-0.3, -0.25) is 4.79 Å². The molecule has 0 aromatic heterocycles. The van der Waals surface area contributed by atoms with E-state index in [1.54, 1.807) is 0 Å². The van der Waals surface area contributed by atoms with Crippen molar-refractivity contribution >= 4 is 5.97 Å². The predicted molar refractivity (Wildman–Crippen MR) is 60.8 cm³/mol. The lowest BCUT2D eigenvalue weighted by Gasteiger charge is -2.37. The van der Waals surface area contributed by atoms with E-state index in [1.165, 1.54) is 25.7 Å². The molecule has 0 aliphatic heterocycles. The van der Waals surface area contributed by atoms with E-state index in [4.69, 9.17) is 5.11 Å². The van der Waals surface area contributed by atoms with E-state index in [9.17, 15) is 4.79 Å². The number of carbonyl (C=O) groups is 1. The molecule has 3 heteroatoms. The molecule has 1 rings (SSSR count). The lowest BCUT2D eigenvalue weighted by molar-refractivity contribution is -0.139. The molecule has 15 heavy (non-hydrogen) atoms. The summed E-state index contributed by atoms with van der Waals surface area (Å²) in [5, 5.41) is 12.2. The van der Waals surface area contributed by atoms with E-state index in [1.807, 2.05) is 7.05 Å². The molecule has 1 unspecified atom stereocenters. The number of hydrogen-bond acceptors (Lipinski definition) is 2. The summed E-state index contributed by atoms with van der Waals surface area (Å²) < 4.78 is 0. The fraction of sp³-hybridized carbons (Fsp3) is 0.917. The Hall–Kier alpha value is -0.570. The maximum absolute atomic E-state index is 10.8. The Bertz CT molecular complexity index is 220. The van der Waals surface area contributed by atoms with Crippen LogP contribution in [0.2, 0.25) is 0 Å². The van der Waals surface area contributed by atoms with Crippen LogP contribution in [0.1, 0.15) is 46.0 Å². The first kappa shape index (κ1) is 12.5. The molecule has 0 bridgehead atoms. The van der Waals surface area contributed by atoms with E-state index in [2.05, 4.69) is 19.2 Å². The number of rotatable bonds is 5. The van der Waals surface area contributed by atoms with Gasteiger partial charge in [0.15, 0.2) is 0 Å². The second-order valence-corrected chi connectivity index (χ2v) is 5.37. The summed E-state index contributed by atoms with van der Waals surface area (Å²) in [7, 11) is 1.95. The third-order valence-electron chi connectivity index (χ3n) is 3.63. The quantitative estimate of drug-likeness (QED) is 0.736. The molecule has 1 aliphatic rings. The summed E-state index contributed by atoms with van der Waals surface area (Å²) in [5.41, 5.74) is -0.157. The largest absolute Gasteiger partial charge is 0.481 e. The molecule has 2 N–H and O–H groups in total. The lowest BCUT2D eigenvalue weighted by Crippen LogP contribution is -2.45. The Kier molecular flexibility index (Phi) is 4.14. The van der Waals surface area contributed by atoms with Crippen LogP contribution in [-0.2, 0) is 4.79 Å². The van der Waals surface area contributed by atoms with Gasteiger partial charge in [-0.2, -0.15) is 0 Å². The van der Waals surface area contributed by atoms with Crippen LogP contribution in [0.3, 0.4) is 0 Å². The Morgan fingerprint density at radius 1 is 1.47 bits per heavy atom. The van der Waals surface area contributed by atoms with Gasteiger partial charge < -0.3 is 10.4 Å². The zero-order valence-electron chi connectivity index (χ0n) is 10.0. The maximum Gasteiger partial charge on any atom is 0.303 e. The van der Waals surface area contributed by atoms with Crippen molar-refractivity contribution in [3.05, 3.63) is 0 Å². The molecule has 0 saturated heterocycles. The maximum atomic E-state index is 10.8. The minimum Gasteiger partial charge on any atom is -0.481 e. The summed E-state index contributed by atoms with van der Waals surface area (Å²) >= 11 is 0. The highest BCUT2D eigenvalue weighted by Crippen LogP contribution is 2.37. The van der Waals surface area contributed by atoms with Gasteiger partial charge in [0.1, 0.15) is 0 Å². The van der Waals surface area contributed by atoms with Crippen molar-refractivity contribution in [1.29, 1.82) is 0 Å². The van der Waals surface area contributed by atoms with E-state index in [-0.39, 0.29) is 11.8 Å². The zero-order valence-corrected chi connectivity index (χ0v) is 10.0. The summed E-state index contributed by atoms with van der Waals surface area (Å²) in [5.74, 6) is -0.0393. The molecule has 0 radical (unpaired) electrons. The standard InChI is InChI=1S/C12H23NO2/c1-12(2,8-10(14)15)11(13-3)9-6-4-5-7-9/h9,11,13H,4-8H2,1-3H3,(H,14,15). The van der Waals surface area contributed by atoms with Crippen LogP contribution in [-0.4, -0.2) is 24.2 Å². The Labute approximate surface area is 92.3 Å². The van der Waals surface area contributed by atoms with Crippen LogP contribution in [0, 0.1) is 11.3 Å². The molecule has 1 aliphatic carbocycles. The van der Waals surface area contributed by atoms with Gasteiger partial charge >= 0.3 is 5.97 Å². The smallest absolute Gasteiger partial charge is 0.303 e. The van der Waals surface area contributed by atoms with Gasteiger partial charge in [0.05, 0.1) is 6.42 Å². The second kappa shape index (κ2) is 4.97. The van der Waals surface area contributed by atoms with Crippen molar-refractivity contribution in [2.24, 2.45) is 11.3 Å². The second-order valence-electron chi connectivity index (χ2n) is 5.37. The van der Waals surface area contributed by atoms with Crippen molar-refractivity contribution in [3.63, 3.8) is 0 Å². The third kappa shape index (κ3) is 3.20. The van der Waals surface area contributed by atoms with Crippen LogP contribution in [0.25, 0.3) is 0 Å². The van der Waals surface area contributed by atoms with Crippen molar-refractivity contribution in [2.75, 3.05) is 7.05 Å². The first-order chi connectivity index (χ1) is 6.97. The fourth-order valence-electron chi connectivity index (χ4n) is 3.05. The van der Waals surface area contributed by atoms with E-state index in [0.29, 0.717) is 12.0 Å². The summed E-state index contributed by atoms with van der Waals surface area (Å²) in [6, 6.07) is 0.330. The molecule has 3 nitrogen and oxygen atoms in total. The molecule has 0 aromatic rings. The number of nitrogens with one attached hydrogen (secondary N) is 1. The first-order valence-corrected chi connectivity index (χ1v) is 5.86. The molecule has 88 valence electrons. The molecule has 1 saturated carbocycles. The minimum atomic E-state index is -0.696. The average Bonchev–Trinajstić information content (AvgIpc) is 2.54. The zero-order chi connectivity index (χ0) is 11.5. The highest BCUT2D eigenvalue weighted by atomic mass is 16.4. The van der Waals surface area contributed by atoms with Crippen LogP contribution in [0.4, 0.5) is 0 Å². The number of aliphatic carboxylic acids is 1. The summed E-state index contributed by atoms with van der Waals surface area (Å²) in [6.45, 7) is 4.11. The van der Waals surface area contributed by atoms with Gasteiger partial charge in [0.25, 0.3) is 0 Å². The van der Waals surface area contributed by atoms with Crippen LogP contribution >= 0.6 is 0 Å². The topological polar surface area (TPSA) is 49.3 Å². The molecule has 0 amide bonds. The van der Waals surface area contributed by atoms with E-state index >= 15 is 0 Å². The van der Waals surface area contributed by atoms with Crippen LogP contribution in [0.15, 0.2) is 0 Å². The van der Waals surface area contributed by atoms with E-state index in [0.717, 1.165) is 0 Å². The SMILES string of the molecule is CNC(C1CCCC1)C(C)(C)CC(=O)O. The number of carboxylic acid groups (broad SMARTS) is 1. The van der Waals surface area contributed by atoms with Crippen molar-refractivity contribution in [2.45, 2.75) is 52.0 Å². The molecule has 1 fully saturated rings. The van der Waals surface area contributed by atoms with Gasteiger partial charge in [-0.1, -0.05) is 26.7 Å². The third-order valence-corrected chi connectivity index (χ3v) is 3.63. The van der Waals surface area contributed by atoms with Gasteiger partial charge in [0.2, 0.25) is 0 Å². The monoisotopic (exact) mass is 213 g/mol. The van der Waals surface area contributed by atoms with Gasteiger partial charge in [0, 0.05) is 6.04 Å². The lowest BCUT2D eigenvalue weighted by atomic mass is 9.74. The number of carboxylic acids is 1. The minimum absolute atomic E-state index is 0.157. The van der Waals surface area contributed by atoms with E-state index < -0.39 is 5.97 Å². The van der Waals surface area contributed by atoms with Crippen molar-refractivity contribution in [3.8, 4) is 0 Å². The Morgan fingerprint density at radius 2 is 2.00 bits per heavy atom. The average molecular weight is 213 g/mol. The Morgan fingerprint density at radius 3 is 2.40 bits per heavy atom. The van der Waals surface area contributed by atoms with Crippen LogP contribution in [0.5, 0.6) is 0 Å². The van der Waals surface area contributed by atoms with Gasteiger partial charge in [-0.25, -0.2) is 0 Å². The molecule has 0 aromatic carbocycles. The molecule has 0 spiro atoms. The normalized spacial score (nSPS) is 20.5. The van der Waals surface area contributed by atoms with Gasteiger partial charge in [-0.15, -0.1) is 0 Å². The summed E-state index contributed by atoms with van der Waals surface area (Å²) in [6.07, 6.45) is 5.33. The molecule has 0 heterocycles. The fourth-order valence-corrected chi connectivity index (χ4v) is 3.05. The molecular formula is C12H23NO2. The van der Waals surface area contributed by atoms with Crippen LogP contribution < -0.4 is 5.32 Å².